The van der Waals surface area contributed by atoms with Crippen LogP contribution in [0.1, 0.15) is 46.5 Å². The first-order valence-corrected chi connectivity index (χ1v) is 6.05. The molecule has 0 aromatic carbocycles. The van der Waals surface area contributed by atoms with Crippen molar-refractivity contribution in [3.63, 3.8) is 0 Å². The molecule has 0 aromatic heterocycles. The summed E-state index contributed by atoms with van der Waals surface area (Å²) in [6.45, 7) is 10.1. The zero-order chi connectivity index (χ0) is 10.6. The Morgan fingerprint density at radius 2 is 1.86 bits per heavy atom. The molecule has 2 N–H and O–H groups in total. The molecule has 0 bridgehead atoms. The molecule has 1 aliphatic heterocycles. The van der Waals surface area contributed by atoms with E-state index in [2.05, 4.69) is 25.7 Å². The molecular formula is C12H26N2. The first-order chi connectivity index (χ1) is 6.60. The van der Waals surface area contributed by atoms with Gasteiger partial charge in [-0.2, -0.15) is 0 Å². The van der Waals surface area contributed by atoms with Gasteiger partial charge < -0.3 is 5.73 Å². The average molecular weight is 198 g/mol. The van der Waals surface area contributed by atoms with Crippen LogP contribution in [0.2, 0.25) is 0 Å². The fourth-order valence-electron chi connectivity index (χ4n) is 2.36. The number of rotatable bonds is 4. The van der Waals surface area contributed by atoms with Crippen LogP contribution in [0.5, 0.6) is 0 Å². The first-order valence-electron chi connectivity index (χ1n) is 6.05. The van der Waals surface area contributed by atoms with Crippen molar-refractivity contribution in [2.75, 3.05) is 19.6 Å². The average Bonchev–Trinajstić information content (AvgIpc) is 2.19. The lowest BCUT2D eigenvalue weighted by Gasteiger charge is -2.42. The standard InChI is InChI=1S/C12H26N2/c1-4-5-11-6-8-14(9-7-11)12(2,3)10-13/h11H,4-10,13H2,1-3H3. The molecule has 0 radical (unpaired) electrons. The topological polar surface area (TPSA) is 29.3 Å². The Morgan fingerprint density at radius 3 is 2.29 bits per heavy atom. The van der Waals surface area contributed by atoms with Crippen LogP contribution in [0.4, 0.5) is 0 Å². The lowest BCUT2D eigenvalue weighted by molar-refractivity contribution is 0.0783. The summed E-state index contributed by atoms with van der Waals surface area (Å²) in [6.07, 6.45) is 5.50. The summed E-state index contributed by atoms with van der Waals surface area (Å²) >= 11 is 0. The molecule has 0 aliphatic carbocycles. The Morgan fingerprint density at radius 1 is 1.29 bits per heavy atom. The highest BCUT2D eigenvalue weighted by Gasteiger charge is 2.28. The van der Waals surface area contributed by atoms with E-state index in [1.54, 1.807) is 0 Å². The molecule has 2 nitrogen and oxygen atoms in total. The van der Waals surface area contributed by atoms with Gasteiger partial charge in [0.15, 0.2) is 0 Å². The van der Waals surface area contributed by atoms with Crippen LogP contribution >= 0.6 is 0 Å². The molecule has 0 spiro atoms. The Hall–Kier alpha value is -0.0800. The molecule has 0 aromatic rings. The van der Waals surface area contributed by atoms with Gasteiger partial charge in [0.25, 0.3) is 0 Å². The summed E-state index contributed by atoms with van der Waals surface area (Å²) in [5.41, 5.74) is 5.99. The van der Waals surface area contributed by atoms with E-state index in [1.165, 1.54) is 38.8 Å². The van der Waals surface area contributed by atoms with Gasteiger partial charge >= 0.3 is 0 Å². The number of nitrogens with two attached hydrogens (primary N) is 1. The zero-order valence-corrected chi connectivity index (χ0v) is 10.1. The largest absolute Gasteiger partial charge is 0.329 e. The normalized spacial score (nSPS) is 21.4. The molecule has 0 amide bonds. The summed E-state index contributed by atoms with van der Waals surface area (Å²) < 4.78 is 0. The summed E-state index contributed by atoms with van der Waals surface area (Å²) in [5.74, 6) is 0.977. The third-order valence-electron chi connectivity index (χ3n) is 3.67. The summed E-state index contributed by atoms with van der Waals surface area (Å²) in [5, 5.41) is 0. The second-order valence-corrected chi connectivity index (χ2v) is 5.24. The third-order valence-corrected chi connectivity index (χ3v) is 3.67. The van der Waals surface area contributed by atoms with Crippen LogP contribution < -0.4 is 5.73 Å². The van der Waals surface area contributed by atoms with Gasteiger partial charge in [-0.05, 0) is 45.7 Å². The van der Waals surface area contributed by atoms with Crippen molar-refractivity contribution in [1.82, 2.24) is 4.90 Å². The Kier molecular flexibility index (Phi) is 4.39. The fourth-order valence-corrected chi connectivity index (χ4v) is 2.36. The van der Waals surface area contributed by atoms with Crippen LogP contribution in [0, 0.1) is 5.92 Å². The van der Waals surface area contributed by atoms with E-state index in [-0.39, 0.29) is 5.54 Å². The van der Waals surface area contributed by atoms with E-state index < -0.39 is 0 Å². The fraction of sp³-hybridized carbons (Fsp3) is 1.00. The van der Waals surface area contributed by atoms with Crippen LogP contribution in [0.15, 0.2) is 0 Å². The molecule has 1 heterocycles. The molecule has 0 atom stereocenters. The first kappa shape index (κ1) is 12.0. The van der Waals surface area contributed by atoms with E-state index in [0.717, 1.165) is 12.5 Å². The second-order valence-electron chi connectivity index (χ2n) is 5.24. The van der Waals surface area contributed by atoms with Gasteiger partial charge in [0, 0.05) is 12.1 Å². The quantitative estimate of drug-likeness (QED) is 0.750. The van der Waals surface area contributed by atoms with Crippen molar-refractivity contribution in [2.45, 2.75) is 52.0 Å². The molecule has 1 fully saturated rings. The van der Waals surface area contributed by atoms with Crippen LogP contribution in [0.3, 0.4) is 0 Å². The predicted molar refractivity (Wildman–Crippen MR) is 62.3 cm³/mol. The SMILES string of the molecule is CCCC1CCN(C(C)(C)CN)CC1. The van der Waals surface area contributed by atoms with E-state index in [4.69, 9.17) is 5.73 Å². The van der Waals surface area contributed by atoms with Crippen LogP contribution in [-0.2, 0) is 0 Å². The van der Waals surface area contributed by atoms with Gasteiger partial charge in [0.05, 0.1) is 0 Å². The predicted octanol–water partition coefficient (Wildman–Crippen LogP) is 2.24. The third kappa shape index (κ3) is 2.96. The van der Waals surface area contributed by atoms with Crippen molar-refractivity contribution < 1.29 is 0 Å². The number of nitrogens with zero attached hydrogens (tertiary/aromatic N) is 1. The highest BCUT2D eigenvalue weighted by Crippen LogP contribution is 2.26. The second kappa shape index (κ2) is 5.13. The van der Waals surface area contributed by atoms with Gasteiger partial charge in [0.1, 0.15) is 0 Å². The molecule has 0 unspecified atom stereocenters. The monoisotopic (exact) mass is 198 g/mol. The number of piperidine rings is 1. The number of hydrogen-bond donors (Lipinski definition) is 1. The minimum atomic E-state index is 0.206. The summed E-state index contributed by atoms with van der Waals surface area (Å²) in [7, 11) is 0. The minimum absolute atomic E-state index is 0.206. The maximum atomic E-state index is 5.79. The minimum Gasteiger partial charge on any atom is -0.329 e. The highest BCUT2D eigenvalue weighted by atomic mass is 15.2. The van der Waals surface area contributed by atoms with Gasteiger partial charge in [0.2, 0.25) is 0 Å². The van der Waals surface area contributed by atoms with Crippen molar-refractivity contribution in [1.29, 1.82) is 0 Å². The number of hydrogen-bond acceptors (Lipinski definition) is 2. The Bertz CT molecular complexity index is 158. The highest BCUT2D eigenvalue weighted by molar-refractivity contribution is 4.85. The Labute approximate surface area is 88.8 Å². The molecule has 1 saturated heterocycles. The maximum absolute atomic E-state index is 5.79. The van der Waals surface area contributed by atoms with Gasteiger partial charge in [-0.25, -0.2) is 0 Å². The Balaban J connectivity index is 2.35. The van der Waals surface area contributed by atoms with Gasteiger partial charge in [-0.15, -0.1) is 0 Å². The summed E-state index contributed by atoms with van der Waals surface area (Å²) in [6, 6.07) is 0. The van der Waals surface area contributed by atoms with Crippen molar-refractivity contribution in [2.24, 2.45) is 11.7 Å². The lowest BCUT2D eigenvalue weighted by Crippen LogP contribution is -2.52. The van der Waals surface area contributed by atoms with Crippen molar-refractivity contribution in [3.05, 3.63) is 0 Å². The van der Waals surface area contributed by atoms with Crippen molar-refractivity contribution >= 4 is 0 Å². The number of likely N-dealkylation sites (tertiary alicyclic amines) is 1. The lowest BCUT2D eigenvalue weighted by atomic mass is 9.89. The molecular weight excluding hydrogens is 172 g/mol. The van der Waals surface area contributed by atoms with Crippen LogP contribution in [-0.4, -0.2) is 30.1 Å². The molecule has 84 valence electrons. The van der Waals surface area contributed by atoms with E-state index in [1.807, 2.05) is 0 Å². The zero-order valence-electron chi connectivity index (χ0n) is 10.1. The molecule has 1 aliphatic rings. The molecule has 0 saturated carbocycles. The van der Waals surface area contributed by atoms with Crippen molar-refractivity contribution in [3.8, 4) is 0 Å². The molecule has 2 heteroatoms. The molecule has 14 heavy (non-hydrogen) atoms. The van der Waals surface area contributed by atoms with Crippen LogP contribution in [0.25, 0.3) is 0 Å². The van der Waals surface area contributed by atoms with Gasteiger partial charge in [-0.3, -0.25) is 4.90 Å². The van der Waals surface area contributed by atoms with E-state index in [0.29, 0.717) is 0 Å². The van der Waals surface area contributed by atoms with E-state index in [9.17, 15) is 0 Å². The summed E-state index contributed by atoms with van der Waals surface area (Å²) in [4.78, 5) is 2.55. The van der Waals surface area contributed by atoms with Gasteiger partial charge in [-0.1, -0.05) is 19.8 Å². The molecule has 1 rings (SSSR count). The maximum Gasteiger partial charge on any atom is 0.0275 e. The smallest absolute Gasteiger partial charge is 0.0275 e. The van der Waals surface area contributed by atoms with E-state index >= 15 is 0 Å².